The minimum Gasteiger partial charge on any atom is -0.444 e. The highest BCUT2D eigenvalue weighted by atomic mass is 32.2. The molecule has 0 aromatic heterocycles. The first kappa shape index (κ1) is 28.0. The second-order valence-corrected chi connectivity index (χ2v) is 13.6. The van der Waals surface area contributed by atoms with E-state index in [0.29, 0.717) is 11.5 Å². The van der Waals surface area contributed by atoms with Crippen LogP contribution in [0.4, 0.5) is 19.3 Å². The van der Waals surface area contributed by atoms with Gasteiger partial charge in [0.15, 0.2) is 9.84 Å². The van der Waals surface area contributed by atoms with Gasteiger partial charge < -0.3 is 20.3 Å². The number of alkyl halides is 2. The summed E-state index contributed by atoms with van der Waals surface area (Å²) in [6.07, 6.45) is 0.805. The van der Waals surface area contributed by atoms with Gasteiger partial charge in [-0.3, -0.25) is 9.59 Å². The monoisotopic (exact) mass is 575 g/mol. The van der Waals surface area contributed by atoms with Crippen LogP contribution >= 0.6 is 0 Å². The van der Waals surface area contributed by atoms with Crippen molar-refractivity contribution in [3.63, 3.8) is 0 Å². The van der Waals surface area contributed by atoms with Crippen LogP contribution in [-0.2, 0) is 25.9 Å². The number of carbonyl (C=O) groups is 3. The van der Waals surface area contributed by atoms with Crippen molar-refractivity contribution >= 4 is 33.4 Å². The molecule has 3 aliphatic rings. The number of alkyl carbamates (subject to hydrolysis) is 1. The fraction of sp³-hybridized carbons (Fsp3) is 0.464. The van der Waals surface area contributed by atoms with Crippen molar-refractivity contribution in [2.24, 2.45) is 0 Å². The second kappa shape index (κ2) is 9.83. The average Bonchev–Trinajstić information content (AvgIpc) is 3.78. The van der Waals surface area contributed by atoms with Crippen molar-refractivity contribution in [1.29, 1.82) is 0 Å². The van der Waals surface area contributed by atoms with Crippen LogP contribution in [0.3, 0.4) is 0 Å². The summed E-state index contributed by atoms with van der Waals surface area (Å²) in [5, 5.41) is 4.63. The van der Waals surface area contributed by atoms with Crippen molar-refractivity contribution < 1.29 is 36.3 Å². The smallest absolute Gasteiger partial charge is 0.408 e. The SMILES string of the molecule is CC(C)(C)OC(=O)N[C@H]1CS(=O)(=O)c2ccc(C(=O)N[C@@H]3CC3(F)F)cc2N(Cc2ccc(C3CC3)cc2)C1=O. The number of carbonyl (C=O) groups excluding carboxylic acids is 3. The Morgan fingerprint density at radius 1 is 1.07 bits per heavy atom. The molecule has 2 atom stereocenters. The summed E-state index contributed by atoms with van der Waals surface area (Å²) in [4.78, 5) is 40.1. The summed E-state index contributed by atoms with van der Waals surface area (Å²) >= 11 is 0. The molecule has 0 spiro atoms. The van der Waals surface area contributed by atoms with Gasteiger partial charge in [0.2, 0.25) is 0 Å². The fourth-order valence-electron chi connectivity index (χ4n) is 4.64. The van der Waals surface area contributed by atoms with Crippen LogP contribution < -0.4 is 15.5 Å². The molecule has 0 radical (unpaired) electrons. The predicted octanol–water partition coefficient (Wildman–Crippen LogP) is 3.92. The topological polar surface area (TPSA) is 122 Å². The molecule has 3 amide bonds. The van der Waals surface area contributed by atoms with E-state index >= 15 is 0 Å². The van der Waals surface area contributed by atoms with E-state index in [1.165, 1.54) is 28.7 Å². The van der Waals surface area contributed by atoms with E-state index in [0.717, 1.165) is 12.8 Å². The van der Waals surface area contributed by atoms with Crippen molar-refractivity contribution in [2.45, 2.75) is 81.0 Å². The Morgan fingerprint density at radius 2 is 1.73 bits per heavy atom. The van der Waals surface area contributed by atoms with Gasteiger partial charge in [-0.25, -0.2) is 22.0 Å². The van der Waals surface area contributed by atoms with Crippen molar-refractivity contribution in [2.75, 3.05) is 10.7 Å². The largest absolute Gasteiger partial charge is 0.444 e. The lowest BCUT2D eigenvalue weighted by Gasteiger charge is -2.27. The number of fused-ring (bicyclic) bond motifs is 1. The van der Waals surface area contributed by atoms with Crippen molar-refractivity contribution in [3.05, 3.63) is 59.2 Å². The molecule has 1 aliphatic heterocycles. The molecule has 12 heteroatoms. The summed E-state index contributed by atoms with van der Waals surface area (Å²) < 4.78 is 58.9. The third-order valence-electron chi connectivity index (χ3n) is 6.99. The highest BCUT2D eigenvalue weighted by Crippen LogP contribution is 2.42. The van der Waals surface area contributed by atoms with Gasteiger partial charge >= 0.3 is 6.09 Å². The average molecular weight is 576 g/mol. The van der Waals surface area contributed by atoms with Crippen LogP contribution in [0, 0.1) is 0 Å². The number of nitrogens with zero attached hydrogens (tertiary/aromatic N) is 1. The number of amides is 3. The minimum atomic E-state index is -4.14. The Labute approximate surface area is 231 Å². The molecule has 40 heavy (non-hydrogen) atoms. The number of ether oxygens (including phenoxy) is 1. The summed E-state index contributed by atoms with van der Waals surface area (Å²) in [6.45, 7) is 4.85. The molecule has 1 heterocycles. The molecule has 2 saturated carbocycles. The number of hydrogen-bond donors (Lipinski definition) is 2. The maximum Gasteiger partial charge on any atom is 0.408 e. The van der Waals surface area contributed by atoms with Crippen molar-refractivity contribution in [3.8, 4) is 0 Å². The lowest BCUT2D eigenvalue weighted by atomic mass is 10.1. The van der Waals surface area contributed by atoms with E-state index in [4.69, 9.17) is 4.74 Å². The standard InChI is InChI=1S/C28H31F2N3O6S/c1-27(2,3)39-26(36)31-20-15-40(37,38)22-11-10-19(24(34)32-23-13-28(23,29)30)12-21(22)33(25(20)35)14-16-4-6-17(7-5-16)18-8-9-18/h4-7,10-12,18,20,23H,8-9,13-15H2,1-3H3,(H,31,36)(H,32,34)/t20-,23+/m0/s1. The van der Waals surface area contributed by atoms with Crippen molar-refractivity contribution in [1.82, 2.24) is 10.6 Å². The number of nitrogens with one attached hydrogen (secondary N) is 2. The zero-order chi connectivity index (χ0) is 29.0. The van der Waals surface area contributed by atoms with Gasteiger partial charge in [0.25, 0.3) is 17.7 Å². The number of sulfone groups is 1. The Bertz CT molecular complexity index is 1470. The first-order valence-electron chi connectivity index (χ1n) is 13.1. The minimum absolute atomic E-state index is 0.0510. The van der Waals surface area contributed by atoms with Crippen LogP contribution in [0.1, 0.15) is 67.4 Å². The van der Waals surface area contributed by atoms with Crippen LogP contribution in [0.25, 0.3) is 0 Å². The van der Waals surface area contributed by atoms with E-state index in [-0.39, 0.29) is 22.7 Å². The normalized spacial score (nSPS) is 23.0. The number of benzene rings is 2. The summed E-state index contributed by atoms with van der Waals surface area (Å²) in [6, 6.07) is 8.48. The Kier molecular flexibility index (Phi) is 6.88. The number of hydrogen-bond acceptors (Lipinski definition) is 6. The summed E-state index contributed by atoms with van der Waals surface area (Å²) in [5.74, 6) is -4.72. The number of halogens is 2. The molecular formula is C28H31F2N3O6S. The Balaban J connectivity index is 1.50. The number of anilines is 1. The molecule has 9 nitrogen and oxygen atoms in total. The predicted molar refractivity (Wildman–Crippen MR) is 142 cm³/mol. The first-order chi connectivity index (χ1) is 18.6. The molecule has 2 aromatic carbocycles. The third kappa shape index (κ3) is 6.11. The lowest BCUT2D eigenvalue weighted by molar-refractivity contribution is -0.120. The molecule has 0 saturated heterocycles. The lowest BCUT2D eigenvalue weighted by Crippen LogP contribution is -2.51. The quantitative estimate of drug-likeness (QED) is 0.539. The van der Waals surface area contributed by atoms with Gasteiger partial charge in [0.05, 0.1) is 28.9 Å². The first-order valence-corrected chi connectivity index (χ1v) is 14.7. The van der Waals surface area contributed by atoms with E-state index in [2.05, 4.69) is 10.6 Å². The highest BCUT2D eigenvalue weighted by molar-refractivity contribution is 7.91. The third-order valence-corrected chi connectivity index (χ3v) is 8.78. The van der Waals surface area contributed by atoms with Gasteiger partial charge in [-0.15, -0.1) is 0 Å². The van der Waals surface area contributed by atoms with Gasteiger partial charge in [-0.05, 0) is 68.9 Å². The second-order valence-electron chi connectivity index (χ2n) is 11.6. The molecule has 214 valence electrons. The maximum absolute atomic E-state index is 13.8. The van der Waals surface area contributed by atoms with Gasteiger partial charge in [0, 0.05) is 12.0 Å². The van der Waals surface area contributed by atoms with Crippen LogP contribution in [0.5, 0.6) is 0 Å². The number of rotatable bonds is 6. The molecule has 2 fully saturated rings. The van der Waals surface area contributed by atoms with Gasteiger partial charge in [0.1, 0.15) is 11.6 Å². The van der Waals surface area contributed by atoms with E-state index in [1.54, 1.807) is 20.8 Å². The van der Waals surface area contributed by atoms with Gasteiger partial charge in [-0.1, -0.05) is 24.3 Å². The Hall–Kier alpha value is -3.54. The molecule has 2 aromatic rings. The van der Waals surface area contributed by atoms with Crippen LogP contribution in [0.15, 0.2) is 47.4 Å². The van der Waals surface area contributed by atoms with Crippen LogP contribution in [-0.4, -0.2) is 55.7 Å². The highest BCUT2D eigenvalue weighted by Gasteiger charge is 2.58. The van der Waals surface area contributed by atoms with E-state index in [1.807, 2.05) is 24.3 Å². The molecule has 0 bridgehead atoms. The molecular weight excluding hydrogens is 544 g/mol. The van der Waals surface area contributed by atoms with Crippen LogP contribution in [0.2, 0.25) is 0 Å². The zero-order valence-electron chi connectivity index (χ0n) is 22.4. The van der Waals surface area contributed by atoms with E-state index in [9.17, 15) is 31.6 Å². The fourth-order valence-corrected chi connectivity index (χ4v) is 6.25. The Morgan fingerprint density at radius 3 is 2.30 bits per heavy atom. The molecule has 0 unspecified atom stereocenters. The maximum atomic E-state index is 13.8. The summed E-state index contributed by atoms with van der Waals surface area (Å²) in [5.41, 5.74) is 0.848. The van der Waals surface area contributed by atoms with Gasteiger partial charge in [-0.2, -0.15) is 0 Å². The molecule has 5 rings (SSSR count). The molecule has 2 N–H and O–H groups in total. The zero-order valence-corrected chi connectivity index (χ0v) is 23.2. The summed E-state index contributed by atoms with van der Waals surface area (Å²) in [7, 11) is -4.14. The van der Waals surface area contributed by atoms with E-state index < -0.39 is 63.5 Å². The molecule has 2 aliphatic carbocycles.